The molecule has 1 saturated heterocycles. The van der Waals surface area contributed by atoms with Gasteiger partial charge in [0.15, 0.2) is 0 Å². The van der Waals surface area contributed by atoms with Crippen LogP contribution < -0.4 is 11.3 Å². The maximum Gasteiger partial charge on any atom is 0.0714 e. The van der Waals surface area contributed by atoms with E-state index in [-0.39, 0.29) is 24.8 Å². The number of nitrogens with two attached hydrogens (primary N) is 1. The van der Waals surface area contributed by atoms with Gasteiger partial charge in [-0.3, -0.25) is 11.3 Å². The molecule has 0 aromatic heterocycles. The molecule has 0 bridgehead atoms. The average Bonchev–Trinajstić information content (AvgIpc) is 2.19. The lowest BCUT2D eigenvalue weighted by Crippen LogP contribution is -2.31. The van der Waals surface area contributed by atoms with E-state index in [0.717, 1.165) is 19.6 Å². The fraction of sp³-hybridized carbons (Fsp3) is 1.00. The number of hydrogen-bond donors (Lipinski definition) is 2. The fourth-order valence-electron chi connectivity index (χ4n) is 0.937. The molecule has 1 rings (SSSR count). The zero-order chi connectivity index (χ0) is 5.82. The van der Waals surface area contributed by atoms with Crippen LogP contribution in [0.25, 0.3) is 0 Å². The minimum absolute atomic E-state index is 0. The van der Waals surface area contributed by atoms with Crippen molar-refractivity contribution in [3.8, 4) is 0 Å². The summed E-state index contributed by atoms with van der Waals surface area (Å²) in [7, 11) is 0. The first kappa shape index (κ1) is 13.1. The van der Waals surface area contributed by atoms with Gasteiger partial charge in [0.05, 0.1) is 6.10 Å². The van der Waals surface area contributed by atoms with Crippen molar-refractivity contribution in [2.24, 2.45) is 5.84 Å². The molecule has 5 heteroatoms. The molecule has 0 radical (unpaired) electrons. The van der Waals surface area contributed by atoms with Crippen LogP contribution in [0.4, 0.5) is 0 Å². The second-order valence-electron chi connectivity index (χ2n) is 2.04. The molecule has 0 aromatic rings. The predicted octanol–water partition coefficient (Wildman–Crippen LogP) is 0.472. The molecule has 0 amide bonds. The topological polar surface area (TPSA) is 47.3 Å². The lowest BCUT2D eigenvalue weighted by molar-refractivity contribution is 0.110. The molecular formula is C5H14Cl2N2O. The molecule has 1 unspecified atom stereocenters. The maximum atomic E-state index is 5.25. The van der Waals surface area contributed by atoms with Crippen molar-refractivity contribution in [2.45, 2.75) is 18.9 Å². The van der Waals surface area contributed by atoms with Gasteiger partial charge in [0, 0.05) is 13.2 Å². The number of halogens is 2. The van der Waals surface area contributed by atoms with Crippen LogP contribution >= 0.6 is 24.8 Å². The van der Waals surface area contributed by atoms with Crippen LogP contribution in [0.3, 0.4) is 0 Å². The van der Waals surface area contributed by atoms with E-state index < -0.39 is 0 Å². The lowest BCUT2D eigenvalue weighted by atomic mass is 10.2. The van der Waals surface area contributed by atoms with Gasteiger partial charge in [-0.1, -0.05) is 0 Å². The Hall–Kier alpha value is 0.460. The van der Waals surface area contributed by atoms with Gasteiger partial charge in [0.25, 0.3) is 0 Å². The monoisotopic (exact) mass is 188 g/mol. The third-order valence-corrected chi connectivity index (χ3v) is 1.37. The van der Waals surface area contributed by atoms with Crippen molar-refractivity contribution in [1.29, 1.82) is 0 Å². The van der Waals surface area contributed by atoms with Crippen LogP contribution in [0.5, 0.6) is 0 Å². The number of ether oxygens (including phenoxy) is 1. The summed E-state index contributed by atoms with van der Waals surface area (Å²) in [5, 5.41) is 0. The Morgan fingerprint density at radius 1 is 1.50 bits per heavy atom. The van der Waals surface area contributed by atoms with Gasteiger partial charge in [-0.05, 0) is 12.8 Å². The van der Waals surface area contributed by atoms with E-state index in [4.69, 9.17) is 10.6 Å². The van der Waals surface area contributed by atoms with E-state index in [2.05, 4.69) is 5.43 Å². The summed E-state index contributed by atoms with van der Waals surface area (Å²) in [4.78, 5) is 0. The number of hydrazine groups is 1. The van der Waals surface area contributed by atoms with Gasteiger partial charge in [-0.15, -0.1) is 24.8 Å². The summed E-state index contributed by atoms with van der Waals surface area (Å²) in [5.74, 6) is 5.08. The summed E-state index contributed by atoms with van der Waals surface area (Å²) in [6.07, 6.45) is 2.72. The van der Waals surface area contributed by atoms with Crippen molar-refractivity contribution in [3.63, 3.8) is 0 Å². The standard InChI is InChI=1S/C5H12N2O.2ClH/c6-7-4-5-2-1-3-8-5;;/h5,7H,1-4,6H2;2*1H. The van der Waals surface area contributed by atoms with E-state index in [0.29, 0.717) is 6.10 Å². The van der Waals surface area contributed by atoms with Crippen LogP contribution in [0, 0.1) is 0 Å². The third-order valence-electron chi connectivity index (χ3n) is 1.37. The molecule has 3 N–H and O–H groups in total. The summed E-state index contributed by atoms with van der Waals surface area (Å²) in [6.45, 7) is 1.70. The maximum absolute atomic E-state index is 5.25. The first-order valence-electron chi connectivity index (χ1n) is 2.98. The van der Waals surface area contributed by atoms with Crippen molar-refractivity contribution >= 4 is 24.8 Å². The van der Waals surface area contributed by atoms with E-state index in [1.54, 1.807) is 0 Å². The Labute approximate surface area is 73.5 Å². The molecule has 0 spiro atoms. The van der Waals surface area contributed by atoms with Gasteiger partial charge < -0.3 is 4.74 Å². The molecule has 1 aliphatic heterocycles. The molecule has 10 heavy (non-hydrogen) atoms. The lowest BCUT2D eigenvalue weighted by Gasteiger charge is -2.05. The molecule has 1 aliphatic rings. The molecule has 64 valence electrons. The zero-order valence-corrected chi connectivity index (χ0v) is 7.34. The Kier molecular flexibility index (Phi) is 9.90. The van der Waals surface area contributed by atoms with Crippen LogP contribution in [-0.4, -0.2) is 19.3 Å². The largest absolute Gasteiger partial charge is 0.377 e. The van der Waals surface area contributed by atoms with E-state index >= 15 is 0 Å². The van der Waals surface area contributed by atoms with Crippen molar-refractivity contribution in [2.75, 3.05) is 13.2 Å². The summed E-state index contributed by atoms with van der Waals surface area (Å²) in [6, 6.07) is 0. The minimum atomic E-state index is 0. The second-order valence-corrected chi connectivity index (χ2v) is 2.04. The average molecular weight is 189 g/mol. The highest BCUT2D eigenvalue weighted by Gasteiger charge is 2.13. The quantitative estimate of drug-likeness (QED) is 0.490. The molecule has 0 aromatic carbocycles. The van der Waals surface area contributed by atoms with Crippen molar-refractivity contribution in [1.82, 2.24) is 5.43 Å². The molecule has 1 heterocycles. The van der Waals surface area contributed by atoms with Crippen LogP contribution in [0.15, 0.2) is 0 Å². The molecule has 0 aliphatic carbocycles. The highest BCUT2D eigenvalue weighted by molar-refractivity contribution is 5.85. The molecule has 3 nitrogen and oxygen atoms in total. The first-order valence-corrected chi connectivity index (χ1v) is 2.98. The van der Waals surface area contributed by atoms with Gasteiger partial charge in [0.2, 0.25) is 0 Å². The van der Waals surface area contributed by atoms with Crippen LogP contribution in [0.2, 0.25) is 0 Å². The third kappa shape index (κ3) is 4.30. The highest BCUT2D eigenvalue weighted by Crippen LogP contribution is 2.09. The fourth-order valence-corrected chi connectivity index (χ4v) is 0.937. The molecule has 1 fully saturated rings. The molecule has 1 atom stereocenters. The summed E-state index contributed by atoms with van der Waals surface area (Å²) < 4.78 is 5.25. The van der Waals surface area contributed by atoms with Crippen LogP contribution in [0.1, 0.15) is 12.8 Å². The zero-order valence-electron chi connectivity index (χ0n) is 5.71. The van der Waals surface area contributed by atoms with Crippen molar-refractivity contribution in [3.05, 3.63) is 0 Å². The number of nitrogens with one attached hydrogen (secondary N) is 1. The Morgan fingerprint density at radius 2 is 2.20 bits per heavy atom. The Balaban J connectivity index is 0. The first-order chi connectivity index (χ1) is 3.93. The van der Waals surface area contributed by atoms with Gasteiger partial charge >= 0.3 is 0 Å². The second kappa shape index (κ2) is 7.57. The van der Waals surface area contributed by atoms with E-state index in [1.807, 2.05) is 0 Å². The summed E-state index contributed by atoms with van der Waals surface area (Å²) >= 11 is 0. The Bertz CT molecular complexity index is 68.7. The van der Waals surface area contributed by atoms with E-state index in [1.165, 1.54) is 6.42 Å². The van der Waals surface area contributed by atoms with E-state index in [9.17, 15) is 0 Å². The summed E-state index contributed by atoms with van der Waals surface area (Å²) in [5.41, 5.74) is 2.58. The highest BCUT2D eigenvalue weighted by atomic mass is 35.5. The van der Waals surface area contributed by atoms with Crippen LogP contribution in [-0.2, 0) is 4.74 Å². The van der Waals surface area contributed by atoms with Gasteiger partial charge in [0.1, 0.15) is 0 Å². The predicted molar refractivity (Wildman–Crippen MR) is 45.7 cm³/mol. The number of hydrogen-bond acceptors (Lipinski definition) is 3. The van der Waals surface area contributed by atoms with Crippen molar-refractivity contribution < 1.29 is 4.74 Å². The normalized spacial score (nSPS) is 23.1. The molecular weight excluding hydrogens is 175 g/mol. The molecule has 0 saturated carbocycles. The van der Waals surface area contributed by atoms with Gasteiger partial charge in [-0.25, -0.2) is 0 Å². The van der Waals surface area contributed by atoms with Gasteiger partial charge in [-0.2, -0.15) is 0 Å². The smallest absolute Gasteiger partial charge is 0.0714 e. The number of rotatable bonds is 2. The minimum Gasteiger partial charge on any atom is -0.377 e. The Morgan fingerprint density at radius 3 is 2.60 bits per heavy atom. The SMILES string of the molecule is Cl.Cl.NNCC1CCCO1.